The lowest BCUT2D eigenvalue weighted by molar-refractivity contribution is -0.137. The summed E-state index contributed by atoms with van der Waals surface area (Å²) in [7, 11) is 0. The van der Waals surface area contributed by atoms with Gasteiger partial charge in [0, 0.05) is 43.5 Å². The van der Waals surface area contributed by atoms with Crippen molar-refractivity contribution in [2.75, 3.05) is 17.2 Å². The van der Waals surface area contributed by atoms with Gasteiger partial charge in [0.25, 0.3) is 5.91 Å². The standard InChI is InChI=1S/C26H23ClF3N7O2S/c1-15(8-20(38)19-10-22(36-14-35-19)32-7-3-5-16-4-2-6-31-11-16)25-34-13-21(40-25)24(39)37-23-9-17(26(28,29)30)18(27)12-33-23/h2,4,6,9-15H,3,5,7-8H2,1H3,(H,32,35,36)(H,33,37,39). The zero-order valence-electron chi connectivity index (χ0n) is 21.1. The van der Waals surface area contributed by atoms with Gasteiger partial charge in [-0.3, -0.25) is 14.6 Å². The number of hydrogen-bond acceptors (Lipinski definition) is 9. The van der Waals surface area contributed by atoms with E-state index in [1.54, 1.807) is 19.2 Å². The molecule has 9 nitrogen and oxygen atoms in total. The van der Waals surface area contributed by atoms with Gasteiger partial charge in [-0.05, 0) is 30.5 Å². The molecule has 0 spiro atoms. The number of aryl methyl sites for hydroxylation is 1. The van der Waals surface area contributed by atoms with Gasteiger partial charge in [-0.1, -0.05) is 24.6 Å². The maximum atomic E-state index is 13.1. The highest BCUT2D eigenvalue weighted by atomic mass is 35.5. The number of halogens is 4. The SMILES string of the molecule is CC(CC(=O)c1cc(NCCCc2cccnc2)ncn1)c1ncc(C(=O)Nc2cc(C(F)(F)F)c(Cl)cn2)s1. The molecule has 4 rings (SSSR count). The molecule has 0 fully saturated rings. The Hall–Kier alpha value is -3.97. The van der Waals surface area contributed by atoms with E-state index in [0.29, 0.717) is 23.4 Å². The van der Waals surface area contributed by atoms with Crippen LogP contribution >= 0.6 is 22.9 Å². The molecule has 0 radical (unpaired) electrons. The fourth-order valence-corrected chi connectivity index (χ4v) is 4.73. The Morgan fingerprint density at radius 2 is 1.90 bits per heavy atom. The molecule has 14 heteroatoms. The molecule has 4 aromatic heterocycles. The van der Waals surface area contributed by atoms with Crippen LogP contribution in [-0.2, 0) is 12.6 Å². The number of pyridine rings is 2. The van der Waals surface area contributed by atoms with Crippen molar-refractivity contribution < 1.29 is 22.8 Å². The lowest BCUT2D eigenvalue weighted by Gasteiger charge is -2.10. The van der Waals surface area contributed by atoms with Crippen molar-refractivity contribution in [3.63, 3.8) is 0 Å². The number of Topliss-reactive ketones (excluding diaryl/α,β-unsaturated/α-hetero) is 1. The number of carbonyl (C=O) groups is 2. The van der Waals surface area contributed by atoms with Gasteiger partial charge in [0.1, 0.15) is 28.5 Å². The minimum Gasteiger partial charge on any atom is -0.370 e. The molecule has 4 heterocycles. The van der Waals surface area contributed by atoms with Gasteiger partial charge in [-0.15, -0.1) is 11.3 Å². The van der Waals surface area contributed by atoms with E-state index in [9.17, 15) is 22.8 Å². The summed E-state index contributed by atoms with van der Waals surface area (Å²) < 4.78 is 39.3. The largest absolute Gasteiger partial charge is 0.418 e. The average Bonchev–Trinajstić information content (AvgIpc) is 3.43. The lowest BCUT2D eigenvalue weighted by Crippen LogP contribution is -2.13. The molecule has 1 unspecified atom stereocenters. The summed E-state index contributed by atoms with van der Waals surface area (Å²) in [5.41, 5.74) is 0.279. The second-order valence-corrected chi connectivity index (χ2v) is 10.2. The van der Waals surface area contributed by atoms with Crippen molar-refractivity contribution in [1.29, 1.82) is 0 Å². The summed E-state index contributed by atoms with van der Waals surface area (Å²) in [5, 5.41) is 5.46. The van der Waals surface area contributed by atoms with E-state index < -0.39 is 22.7 Å². The van der Waals surface area contributed by atoms with Crippen LogP contribution in [0.4, 0.5) is 24.8 Å². The van der Waals surface area contributed by atoms with Crippen molar-refractivity contribution in [2.24, 2.45) is 0 Å². The van der Waals surface area contributed by atoms with Gasteiger partial charge in [-0.2, -0.15) is 13.2 Å². The van der Waals surface area contributed by atoms with Crippen LogP contribution in [0, 0.1) is 0 Å². The molecule has 0 saturated heterocycles. The first kappa shape index (κ1) is 29.0. The second-order valence-electron chi connectivity index (χ2n) is 8.77. The Labute approximate surface area is 236 Å². The van der Waals surface area contributed by atoms with Gasteiger partial charge in [0.15, 0.2) is 5.78 Å². The summed E-state index contributed by atoms with van der Waals surface area (Å²) >= 11 is 6.60. The van der Waals surface area contributed by atoms with Crippen LogP contribution in [-0.4, -0.2) is 43.2 Å². The molecule has 1 amide bonds. The maximum absolute atomic E-state index is 13.1. The zero-order chi connectivity index (χ0) is 28.7. The van der Waals surface area contributed by atoms with Crippen LogP contribution < -0.4 is 10.6 Å². The smallest absolute Gasteiger partial charge is 0.370 e. The molecule has 0 saturated carbocycles. The highest BCUT2D eigenvalue weighted by Crippen LogP contribution is 2.35. The molecule has 1 atom stereocenters. The molecule has 0 aliphatic rings. The molecule has 0 aromatic carbocycles. The van der Waals surface area contributed by atoms with Crippen molar-refractivity contribution in [3.05, 3.63) is 87.1 Å². The number of carbonyl (C=O) groups excluding carboxylic acids is 2. The van der Waals surface area contributed by atoms with E-state index in [4.69, 9.17) is 11.6 Å². The van der Waals surface area contributed by atoms with Gasteiger partial charge in [-0.25, -0.2) is 19.9 Å². The Bertz CT molecular complexity index is 1480. The first-order valence-corrected chi connectivity index (χ1v) is 13.3. The number of ketones is 1. The summed E-state index contributed by atoms with van der Waals surface area (Å²) in [5.74, 6) is -1.00. The number of nitrogens with one attached hydrogen (secondary N) is 2. The minimum atomic E-state index is -4.69. The first-order chi connectivity index (χ1) is 19.1. The predicted molar refractivity (Wildman–Crippen MR) is 145 cm³/mol. The molecule has 40 heavy (non-hydrogen) atoms. The third-order valence-electron chi connectivity index (χ3n) is 5.69. The number of amides is 1. The van der Waals surface area contributed by atoms with Crippen molar-refractivity contribution in [1.82, 2.24) is 24.9 Å². The summed E-state index contributed by atoms with van der Waals surface area (Å²) in [6, 6.07) is 6.16. The number of hydrogen-bond donors (Lipinski definition) is 2. The number of nitrogens with zero attached hydrogens (tertiary/aromatic N) is 5. The predicted octanol–water partition coefficient (Wildman–Crippen LogP) is 6.07. The van der Waals surface area contributed by atoms with E-state index in [2.05, 4.69) is 35.6 Å². The molecule has 0 aliphatic heterocycles. The highest BCUT2D eigenvalue weighted by Gasteiger charge is 2.34. The Morgan fingerprint density at radius 3 is 2.65 bits per heavy atom. The second kappa shape index (κ2) is 12.9. The van der Waals surface area contributed by atoms with Gasteiger partial charge in [0.05, 0.1) is 21.8 Å². The molecule has 208 valence electrons. The number of alkyl halides is 3. The molecule has 2 N–H and O–H groups in total. The van der Waals surface area contributed by atoms with E-state index in [1.165, 1.54) is 12.5 Å². The minimum absolute atomic E-state index is 0.0831. The van der Waals surface area contributed by atoms with Gasteiger partial charge in [0.2, 0.25) is 0 Å². The average molecular weight is 590 g/mol. The number of aromatic nitrogens is 5. The van der Waals surface area contributed by atoms with Gasteiger partial charge >= 0.3 is 6.18 Å². The summed E-state index contributed by atoms with van der Waals surface area (Å²) in [4.78, 5) is 45.9. The van der Waals surface area contributed by atoms with Crippen molar-refractivity contribution in [2.45, 2.75) is 38.3 Å². The van der Waals surface area contributed by atoms with Crippen LogP contribution in [0.1, 0.15) is 62.0 Å². The molecule has 0 aliphatic carbocycles. The zero-order valence-corrected chi connectivity index (χ0v) is 22.6. The van der Waals surface area contributed by atoms with E-state index in [-0.39, 0.29) is 34.5 Å². The summed E-state index contributed by atoms with van der Waals surface area (Å²) in [6.45, 7) is 2.44. The fraction of sp³-hybridized carbons (Fsp3) is 0.269. The fourth-order valence-electron chi connectivity index (χ4n) is 3.65. The van der Waals surface area contributed by atoms with Crippen LogP contribution in [0.2, 0.25) is 5.02 Å². The highest BCUT2D eigenvalue weighted by molar-refractivity contribution is 7.13. The molecular formula is C26H23ClF3N7O2S. The topological polar surface area (TPSA) is 123 Å². The molecule has 4 aromatic rings. The molecule has 0 bridgehead atoms. The Balaban J connectivity index is 1.31. The Kier molecular flexibility index (Phi) is 9.38. The number of anilines is 2. The first-order valence-electron chi connectivity index (χ1n) is 12.1. The third kappa shape index (κ3) is 7.79. The van der Waals surface area contributed by atoms with E-state index >= 15 is 0 Å². The number of thiazole rings is 1. The molecular weight excluding hydrogens is 567 g/mol. The van der Waals surface area contributed by atoms with Crippen molar-refractivity contribution in [3.8, 4) is 0 Å². The van der Waals surface area contributed by atoms with Crippen LogP contribution in [0.3, 0.4) is 0 Å². The third-order valence-corrected chi connectivity index (χ3v) is 7.22. The van der Waals surface area contributed by atoms with E-state index in [1.807, 2.05) is 18.3 Å². The van der Waals surface area contributed by atoms with Gasteiger partial charge < -0.3 is 10.6 Å². The number of rotatable bonds is 11. The normalized spacial score (nSPS) is 12.1. The van der Waals surface area contributed by atoms with Crippen LogP contribution in [0.15, 0.2) is 55.4 Å². The van der Waals surface area contributed by atoms with Crippen LogP contribution in [0.25, 0.3) is 0 Å². The van der Waals surface area contributed by atoms with Crippen molar-refractivity contribution >= 4 is 46.3 Å². The monoisotopic (exact) mass is 589 g/mol. The lowest BCUT2D eigenvalue weighted by atomic mass is 10.0. The quantitative estimate of drug-likeness (QED) is 0.160. The summed E-state index contributed by atoms with van der Waals surface area (Å²) in [6.07, 6.45) is 4.09. The van der Waals surface area contributed by atoms with Crippen LogP contribution in [0.5, 0.6) is 0 Å². The Morgan fingerprint density at radius 1 is 1.07 bits per heavy atom. The maximum Gasteiger partial charge on any atom is 0.418 e. The van der Waals surface area contributed by atoms with E-state index in [0.717, 1.165) is 35.9 Å².